The molecule has 0 radical (unpaired) electrons. The highest BCUT2D eigenvalue weighted by Gasteiger charge is 2.23. The maximum Gasteiger partial charge on any atom is 0.493 e. The highest BCUT2D eigenvalue weighted by Crippen LogP contribution is 2.06. The third kappa shape index (κ3) is 6.85. The van der Waals surface area contributed by atoms with Crippen molar-refractivity contribution in [2.24, 2.45) is 0 Å². The van der Waals surface area contributed by atoms with Crippen molar-refractivity contribution < 1.29 is 33.2 Å². The number of methoxy groups -OCH3 is 2. The normalized spacial score (nSPS) is 11.4. The largest absolute Gasteiger partial charge is 0.493 e. The van der Waals surface area contributed by atoms with E-state index in [1.165, 1.54) is 14.2 Å². The standard InChI is InChI=1S/C17H24BNO7/c1-23-16(21)10-9-15(20)19-14(17(22)24-2)11-12-5-7-13(8-6-12)18(25-3)26-4/h5-8,14H,9-11H2,1-4H3,(H,19,20)/t14-/m1/s1. The molecule has 0 aliphatic heterocycles. The molecule has 0 unspecified atom stereocenters. The summed E-state index contributed by atoms with van der Waals surface area (Å²) in [4.78, 5) is 35.0. The van der Waals surface area contributed by atoms with Gasteiger partial charge in [0.25, 0.3) is 0 Å². The van der Waals surface area contributed by atoms with Crippen molar-refractivity contribution in [3.8, 4) is 0 Å². The molecule has 0 fully saturated rings. The van der Waals surface area contributed by atoms with E-state index in [1.807, 2.05) is 24.3 Å². The van der Waals surface area contributed by atoms with E-state index in [2.05, 4.69) is 10.1 Å². The van der Waals surface area contributed by atoms with Crippen LogP contribution in [-0.2, 0) is 39.6 Å². The van der Waals surface area contributed by atoms with E-state index in [0.717, 1.165) is 11.0 Å². The van der Waals surface area contributed by atoms with Gasteiger partial charge in [0.2, 0.25) is 5.91 Å². The van der Waals surface area contributed by atoms with Gasteiger partial charge in [0, 0.05) is 27.1 Å². The van der Waals surface area contributed by atoms with Crippen LogP contribution in [0.3, 0.4) is 0 Å². The van der Waals surface area contributed by atoms with E-state index in [0.29, 0.717) is 0 Å². The molecular weight excluding hydrogens is 341 g/mol. The Morgan fingerprint density at radius 3 is 2.08 bits per heavy atom. The van der Waals surface area contributed by atoms with Crippen LogP contribution < -0.4 is 10.8 Å². The Kier molecular flexibility index (Phi) is 9.39. The number of benzene rings is 1. The number of hydrogen-bond acceptors (Lipinski definition) is 7. The molecule has 0 aromatic heterocycles. The Morgan fingerprint density at radius 1 is 0.962 bits per heavy atom. The van der Waals surface area contributed by atoms with Gasteiger partial charge in [-0.3, -0.25) is 9.59 Å². The number of esters is 2. The molecule has 0 saturated carbocycles. The number of nitrogens with one attached hydrogen (secondary N) is 1. The minimum absolute atomic E-state index is 0.0552. The molecule has 26 heavy (non-hydrogen) atoms. The quantitative estimate of drug-likeness (QED) is 0.454. The molecule has 9 heteroatoms. The first-order chi connectivity index (χ1) is 12.4. The molecule has 1 N–H and O–H groups in total. The van der Waals surface area contributed by atoms with E-state index in [9.17, 15) is 14.4 Å². The van der Waals surface area contributed by atoms with Gasteiger partial charge in [-0.05, 0) is 11.0 Å². The molecule has 1 aromatic rings. The molecular formula is C17H24BNO7. The first-order valence-electron chi connectivity index (χ1n) is 8.03. The summed E-state index contributed by atoms with van der Waals surface area (Å²) in [6.07, 6.45) is 0.129. The topological polar surface area (TPSA) is 100 Å². The Labute approximate surface area is 153 Å². The predicted octanol–water partition coefficient (Wildman–Crippen LogP) is -0.172. The van der Waals surface area contributed by atoms with Gasteiger partial charge in [0.05, 0.1) is 20.6 Å². The van der Waals surface area contributed by atoms with Crippen LogP contribution in [0.5, 0.6) is 0 Å². The van der Waals surface area contributed by atoms with E-state index < -0.39 is 31.0 Å². The monoisotopic (exact) mass is 365 g/mol. The van der Waals surface area contributed by atoms with E-state index in [4.69, 9.17) is 14.0 Å². The van der Waals surface area contributed by atoms with Crippen LogP contribution in [0.4, 0.5) is 0 Å². The molecule has 0 spiro atoms. The molecule has 8 nitrogen and oxygen atoms in total. The van der Waals surface area contributed by atoms with Gasteiger partial charge in [0.1, 0.15) is 6.04 Å². The van der Waals surface area contributed by atoms with Crippen molar-refractivity contribution >= 4 is 30.4 Å². The molecule has 0 bridgehead atoms. The molecule has 1 atom stereocenters. The highest BCUT2D eigenvalue weighted by atomic mass is 16.6. The molecule has 1 aromatic carbocycles. The van der Waals surface area contributed by atoms with Crippen LogP contribution in [0.2, 0.25) is 0 Å². The highest BCUT2D eigenvalue weighted by molar-refractivity contribution is 6.61. The zero-order valence-electron chi connectivity index (χ0n) is 15.4. The van der Waals surface area contributed by atoms with Crippen molar-refractivity contribution in [3.05, 3.63) is 29.8 Å². The second kappa shape index (κ2) is 11.3. The number of ether oxygens (including phenoxy) is 2. The Bertz CT molecular complexity index is 602. The van der Waals surface area contributed by atoms with Crippen molar-refractivity contribution in [2.75, 3.05) is 28.4 Å². The maximum absolute atomic E-state index is 11.9. The van der Waals surface area contributed by atoms with E-state index >= 15 is 0 Å². The van der Waals surface area contributed by atoms with Crippen molar-refractivity contribution in [1.82, 2.24) is 5.32 Å². The number of amides is 1. The van der Waals surface area contributed by atoms with Crippen LogP contribution in [0.15, 0.2) is 24.3 Å². The van der Waals surface area contributed by atoms with Gasteiger partial charge in [-0.15, -0.1) is 0 Å². The number of rotatable bonds is 10. The molecule has 0 heterocycles. The number of carbonyl (C=O) groups is 3. The predicted molar refractivity (Wildman–Crippen MR) is 94.7 cm³/mol. The van der Waals surface area contributed by atoms with Gasteiger partial charge < -0.3 is 24.1 Å². The summed E-state index contributed by atoms with van der Waals surface area (Å²) in [7, 11) is 5.11. The zero-order chi connectivity index (χ0) is 19.5. The summed E-state index contributed by atoms with van der Waals surface area (Å²) >= 11 is 0. The van der Waals surface area contributed by atoms with E-state index in [1.54, 1.807) is 14.2 Å². The molecule has 1 amide bonds. The fourth-order valence-electron chi connectivity index (χ4n) is 2.33. The van der Waals surface area contributed by atoms with Crippen LogP contribution in [-0.4, -0.2) is 59.4 Å². The fraction of sp³-hybridized carbons (Fsp3) is 0.471. The van der Waals surface area contributed by atoms with Gasteiger partial charge >= 0.3 is 19.1 Å². The molecule has 142 valence electrons. The lowest BCUT2D eigenvalue weighted by Crippen LogP contribution is -2.43. The number of carbonyl (C=O) groups excluding carboxylic acids is 3. The fourth-order valence-corrected chi connectivity index (χ4v) is 2.33. The van der Waals surface area contributed by atoms with Gasteiger partial charge in [-0.25, -0.2) is 4.79 Å². The van der Waals surface area contributed by atoms with Gasteiger partial charge in [-0.1, -0.05) is 24.3 Å². The first kappa shape index (κ1) is 21.7. The molecule has 1 rings (SSSR count). The first-order valence-corrected chi connectivity index (χ1v) is 8.03. The SMILES string of the molecule is COB(OC)c1ccc(C[C@@H](NC(=O)CCC(=O)OC)C(=O)OC)cc1. The summed E-state index contributed by atoms with van der Waals surface area (Å²) in [6, 6.07) is 6.42. The third-order valence-corrected chi connectivity index (χ3v) is 3.72. The smallest absolute Gasteiger partial charge is 0.469 e. The lowest BCUT2D eigenvalue weighted by molar-refractivity contribution is -0.145. The molecule has 0 saturated heterocycles. The number of hydrogen-bond donors (Lipinski definition) is 1. The van der Waals surface area contributed by atoms with Crippen molar-refractivity contribution in [2.45, 2.75) is 25.3 Å². The second-order valence-electron chi connectivity index (χ2n) is 5.47. The summed E-state index contributed by atoms with van der Waals surface area (Å²) in [6.45, 7) is 0. The minimum Gasteiger partial charge on any atom is -0.469 e. The maximum atomic E-state index is 11.9. The Morgan fingerprint density at radius 2 is 1.58 bits per heavy atom. The Balaban J connectivity index is 2.74. The lowest BCUT2D eigenvalue weighted by Gasteiger charge is -2.17. The van der Waals surface area contributed by atoms with Crippen LogP contribution in [0.25, 0.3) is 0 Å². The van der Waals surface area contributed by atoms with Crippen LogP contribution in [0.1, 0.15) is 18.4 Å². The Hall–Kier alpha value is -2.39. The van der Waals surface area contributed by atoms with Crippen molar-refractivity contribution in [1.29, 1.82) is 0 Å². The summed E-state index contributed by atoms with van der Waals surface area (Å²) < 4.78 is 19.6. The van der Waals surface area contributed by atoms with Crippen LogP contribution >= 0.6 is 0 Å². The zero-order valence-corrected chi connectivity index (χ0v) is 15.4. The van der Waals surface area contributed by atoms with Gasteiger partial charge in [-0.2, -0.15) is 0 Å². The minimum atomic E-state index is -0.850. The van der Waals surface area contributed by atoms with Gasteiger partial charge in [0.15, 0.2) is 0 Å². The molecule has 0 aliphatic carbocycles. The lowest BCUT2D eigenvalue weighted by atomic mass is 9.78. The summed E-state index contributed by atoms with van der Waals surface area (Å²) in [5.74, 6) is -1.48. The average Bonchev–Trinajstić information content (AvgIpc) is 2.67. The van der Waals surface area contributed by atoms with Crippen LogP contribution in [0, 0.1) is 0 Å². The second-order valence-corrected chi connectivity index (χ2v) is 5.47. The molecule has 0 aliphatic rings. The summed E-state index contributed by atoms with van der Waals surface area (Å²) in [5.41, 5.74) is 1.65. The third-order valence-electron chi connectivity index (χ3n) is 3.72. The van der Waals surface area contributed by atoms with Crippen molar-refractivity contribution in [3.63, 3.8) is 0 Å². The summed E-state index contributed by atoms with van der Waals surface area (Å²) in [5, 5.41) is 2.58. The van der Waals surface area contributed by atoms with E-state index in [-0.39, 0.29) is 19.3 Å². The average molecular weight is 365 g/mol.